The van der Waals surface area contributed by atoms with Gasteiger partial charge in [-0.2, -0.15) is 0 Å². The van der Waals surface area contributed by atoms with E-state index in [0.717, 1.165) is 49.3 Å². The van der Waals surface area contributed by atoms with Crippen LogP contribution < -0.4 is 15.5 Å². The number of hydrogen-bond donors (Lipinski definition) is 2. The predicted octanol–water partition coefficient (Wildman–Crippen LogP) is 4.60. The largest absolute Gasteiger partial charge is 0.372 e. The third-order valence-electron chi connectivity index (χ3n) is 4.74. The molecule has 0 saturated heterocycles. The molecular weight excluding hydrogens is 350 g/mol. The van der Waals surface area contributed by atoms with E-state index in [9.17, 15) is 4.79 Å². The molecule has 0 saturated carbocycles. The van der Waals surface area contributed by atoms with E-state index in [-0.39, 0.29) is 5.91 Å². The summed E-state index contributed by atoms with van der Waals surface area (Å²) in [7, 11) is 0. The van der Waals surface area contributed by atoms with Crippen LogP contribution in [0.15, 0.2) is 24.3 Å². The van der Waals surface area contributed by atoms with E-state index in [4.69, 9.17) is 0 Å². The summed E-state index contributed by atoms with van der Waals surface area (Å²) >= 11 is 0. The summed E-state index contributed by atoms with van der Waals surface area (Å²) in [5.41, 5.74) is 4.40. The Labute approximate surface area is 168 Å². The van der Waals surface area contributed by atoms with Gasteiger partial charge in [0.15, 0.2) is 0 Å². The molecule has 2 aromatic rings. The van der Waals surface area contributed by atoms with E-state index in [2.05, 4.69) is 65.3 Å². The summed E-state index contributed by atoms with van der Waals surface area (Å²) in [6.45, 7) is 13.0. The molecule has 0 unspecified atom stereocenters. The molecule has 6 nitrogen and oxygen atoms in total. The van der Waals surface area contributed by atoms with Crippen LogP contribution in [0.25, 0.3) is 0 Å². The van der Waals surface area contributed by atoms with Gasteiger partial charge in [0.05, 0.1) is 0 Å². The van der Waals surface area contributed by atoms with Crippen LogP contribution >= 0.6 is 0 Å². The molecule has 0 aliphatic carbocycles. The van der Waals surface area contributed by atoms with Crippen LogP contribution in [0.2, 0.25) is 0 Å². The monoisotopic (exact) mass is 383 g/mol. The van der Waals surface area contributed by atoms with Crippen molar-refractivity contribution in [3.63, 3.8) is 0 Å². The number of unbranched alkanes of at least 4 members (excludes halogenated alkanes) is 2. The number of carbonyl (C=O) groups excluding carboxylic acids is 1. The fourth-order valence-electron chi connectivity index (χ4n) is 3.10. The number of nitrogens with zero attached hydrogens (tertiary/aromatic N) is 3. The topological polar surface area (TPSA) is 70.2 Å². The van der Waals surface area contributed by atoms with E-state index < -0.39 is 0 Å². The zero-order valence-electron chi connectivity index (χ0n) is 17.8. The Kier molecular flexibility index (Phi) is 8.23. The van der Waals surface area contributed by atoms with Crippen molar-refractivity contribution >= 4 is 23.2 Å². The lowest BCUT2D eigenvalue weighted by Gasteiger charge is -2.22. The number of hydrogen-bond acceptors (Lipinski definition) is 5. The average Bonchev–Trinajstić information content (AvgIpc) is 2.67. The van der Waals surface area contributed by atoms with Crippen LogP contribution in [0.1, 0.15) is 61.8 Å². The zero-order chi connectivity index (χ0) is 20.5. The highest BCUT2D eigenvalue weighted by Gasteiger charge is 2.12. The van der Waals surface area contributed by atoms with Crippen LogP contribution in [0.5, 0.6) is 0 Å². The van der Waals surface area contributed by atoms with Crippen molar-refractivity contribution in [2.24, 2.45) is 0 Å². The van der Waals surface area contributed by atoms with Gasteiger partial charge in [0, 0.05) is 36.7 Å². The molecule has 2 rings (SSSR count). The zero-order valence-corrected chi connectivity index (χ0v) is 17.8. The minimum atomic E-state index is -0.154. The number of aryl methyl sites for hydroxylation is 2. The van der Waals surface area contributed by atoms with Crippen LogP contribution in [0, 0.1) is 13.8 Å². The van der Waals surface area contributed by atoms with E-state index in [1.807, 2.05) is 13.0 Å². The van der Waals surface area contributed by atoms with Crippen LogP contribution in [-0.2, 0) is 0 Å². The highest BCUT2D eigenvalue weighted by molar-refractivity contribution is 5.92. The second kappa shape index (κ2) is 10.6. The molecule has 0 spiro atoms. The predicted molar refractivity (Wildman–Crippen MR) is 117 cm³/mol. The normalized spacial score (nSPS) is 10.6. The Hall–Kier alpha value is -2.63. The number of amides is 1. The third kappa shape index (κ3) is 5.94. The lowest BCUT2D eigenvalue weighted by molar-refractivity contribution is 0.0948. The van der Waals surface area contributed by atoms with Crippen LogP contribution in [0.3, 0.4) is 0 Å². The van der Waals surface area contributed by atoms with Gasteiger partial charge in [-0.3, -0.25) is 4.79 Å². The number of nitrogens with one attached hydrogen (secondary N) is 2. The van der Waals surface area contributed by atoms with Gasteiger partial charge in [0.1, 0.15) is 5.69 Å². The standard InChI is InChI=1S/C22H33N5O/c1-6-9-10-13-23-21(28)20-15-17(5)24-22(26-20)25-19-12-11-18(14-16(19)4)27(7-2)8-3/h11-12,14-15H,6-10,13H2,1-5H3,(H,23,28)(H,24,25,26). The van der Waals surface area contributed by atoms with Crippen molar-refractivity contribution in [3.8, 4) is 0 Å². The molecule has 0 fully saturated rings. The lowest BCUT2D eigenvalue weighted by atomic mass is 10.1. The number of benzene rings is 1. The molecule has 0 bridgehead atoms. The molecule has 0 radical (unpaired) electrons. The smallest absolute Gasteiger partial charge is 0.270 e. The molecule has 1 aromatic heterocycles. The molecule has 28 heavy (non-hydrogen) atoms. The SMILES string of the molecule is CCCCCNC(=O)c1cc(C)nc(Nc2ccc(N(CC)CC)cc2C)n1. The van der Waals surface area contributed by atoms with Crippen molar-refractivity contribution in [3.05, 3.63) is 41.2 Å². The van der Waals surface area contributed by atoms with Gasteiger partial charge in [-0.25, -0.2) is 9.97 Å². The minimum absolute atomic E-state index is 0.154. The fraction of sp³-hybridized carbons (Fsp3) is 0.500. The van der Waals surface area contributed by atoms with Gasteiger partial charge in [-0.1, -0.05) is 19.8 Å². The van der Waals surface area contributed by atoms with Gasteiger partial charge in [-0.15, -0.1) is 0 Å². The Balaban J connectivity index is 2.14. The van der Waals surface area contributed by atoms with Crippen molar-refractivity contribution in [2.75, 3.05) is 29.9 Å². The maximum atomic E-state index is 12.4. The molecule has 6 heteroatoms. The number of rotatable bonds is 10. The summed E-state index contributed by atoms with van der Waals surface area (Å²) in [5, 5.41) is 6.20. The van der Waals surface area contributed by atoms with Gasteiger partial charge < -0.3 is 15.5 Å². The summed E-state index contributed by atoms with van der Waals surface area (Å²) in [4.78, 5) is 23.5. The number of carbonyl (C=O) groups is 1. The Morgan fingerprint density at radius 2 is 1.79 bits per heavy atom. The third-order valence-corrected chi connectivity index (χ3v) is 4.74. The molecule has 0 aliphatic rings. The van der Waals surface area contributed by atoms with Gasteiger partial charge in [0.2, 0.25) is 5.95 Å². The van der Waals surface area contributed by atoms with E-state index in [0.29, 0.717) is 18.2 Å². The van der Waals surface area contributed by atoms with E-state index in [1.54, 1.807) is 6.07 Å². The molecular formula is C22H33N5O. The lowest BCUT2D eigenvalue weighted by Crippen LogP contribution is -2.26. The first-order valence-electron chi connectivity index (χ1n) is 10.2. The maximum Gasteiger partial charge on any atom is 0.270 e. The second-order valence-electron chi connectivity index (χ2n) is 6.98. The second-order valence-corrected chi connectivity index (χ2v) is 6.98. The molecule has 1 heterocycles. The van der Waals surface area contributed by atoms with Crippen LogP contribution in [-0.4, -0.2) is 35.5 Å². The van der Waals surface area contributed by atoms with Gasteiger partial charge >= 0.3 is 0 Å². The van der Waals surface area contributed by atoms with Crippen molar-refractivity contribution < 1.29 is 4.79 Å². The first-order chi connectivity index (χ1) is 13.5. The maximum absolute atomic E-state index is 12.4. The summed E-state index contributed by atoms with van der Waals surface area (Å²) in [6, 6.07) is 8.02. The summed E-state index contributed by atoms with van der Waals surface area (Å²) < 4.78 is 0. The molecule has 0 aliphatic heterocycles. The highest BCUT2D eigenvalue weighted by Crippen LogP contribution is 2.24. The van der Waals surface area contributed by atoms with Crippen molar-refractivity contribution in [1.82, 2.24) is 15.3 Å². The molecule has 1 amide bonds. The minimum Gasteiger partial charge on any atom is -0.372 e. The first-order valence-corrected chi connectivity index (χ1v) is 10.2. The molecule has 152 valence electrons. The van der Waals surface area contributed by atoms with Gasteiger partial charge in [-0.05, 0) is 63.9 Å². The van der Waals surface area contributed by atoms with Crippen molar-refractivity contribution in [1.29, 1.82) is 0 Å². The highest BCUT2D eigenvalue weighted by atomic mass is 16.1. The van der Waals surface area contributed by atoms with Crippen molar-refractivity contribution in [2.45, 2.75) is 53.9 Å². The molecule has 0 atom stereocenters. The first kappa shape index (κ1) is 21.7. The summed E-state index contributed by atoms with van der Waals surface area (Å²) in [6.07, 6.45) is 3.22. The molecule has 1 aromatic carbocycles. The number of aromatic nitrogens is 2. The Morgan fingerprint density at radius 1 is 1.04 bits per heavy atom. The Morgan fingerprint density at radius 3 is 2.43 bits per heavy atom. The van der Waals surface area contributed by atoms with Crippen LogP contribution in [0.4, 0.5) is 17.3 Å². The quantitative estimate of drug-likeness (QED) is 0.587. The van der Waals surface area contributed by atoms with E-state index >= 15 is 0 Å². The van der Waals surface area contributed by atoms with E-state index in [1.165, 1.54) is 5.69 Å². The molecule has 2 N–H and O–H groups in total. The summed E-state index contributed by atoms with van der Waals surface area (Å²) in [5.74, 6) is 0.288. The number of anilines is 3. The average molecular weight is 384 g/mol. The van der Waals surface area contributed by atoms with Gasteiger partial charge in [0.25, 0.3) is 5.91 Å². The Bertz CT molecular complexity index is 786. The fourth-order valence-corrected chi connectivity index (χ4v) is 3.10.